The van der Waals surface area contributed by atoms with Crippen molar-refractivity contribution in [1.29, 1.82) is 0 Å². The van der Waals surface area contributed by atoms with Crippen LogP contribution in [0.5, 0.6) is 0 Å². The van der Waals surface area contributed by atoms with E-state index >= 15 is 0 Å². The Bertz CT molecular complexity index is 315. The molecule has 1 heterocycles. The lowest BCUT2D eigenvalue weighted by Gasteiger charge is -2.24. The van der Waals surface area contributed by atoms with Crippen LogP contribution in [0.1, 0.15) is 40.5 Å². The number of nitrogens with zero attached hydrogens (tertiary/aromatic N) is 2. The van der Waals surface area contributed by atoms with Gasteiger partial charge in [0.05, 0.1) is 6.61 Å². The van der Waals surface area contributed by atoms with Gasteiger partial charge in [-0.05, 0) is 60.0 Å². The Kier molecular flexibility index (Phi) is 7.46. The van der Waals surface area contributed by atoms with Gasteiger partial charge in [-0.1, -0.05) is 0 Å². The summed E-state index contributed by atoms with van der Waals surface area (Å²) in [6, 6.07) is 0. The van der Waals surface area contributed by atoms with E-state index < -0.39 is 5.60 Å². The van der Waals surface area contributed by atoms with Crippen molar-refractivity contribution in [2.45, 2.75) is 46.1 Å². The monoisotopic (exact) mass is 300 g/mol. The molecule has 0 N–H and O–H groups in total. The van der Waals surface area contributed by atoms with Crippen molar-refractivity contribution in [3.63, 3.8) is 0 Å². The second-order valence-electron chi connectivity index (χ2n) is 6.87. The highest BCUT2D eigenvalue weighted by molar-refractivity contribution is 5.68. The number of rotatable bonds is 7. The fourth-order valence-corrected chi connectivity index (χ4v) is 2.44. The minimum Gasteiger partial charge on any atom is -0.444 e. The summed E-state index contributed by atoms with van der Waals surface area (Å²) in [7, 11) is 2.12. The largest absolute Gasteiger partial charge is 0.444 e. The molecule has 21 heavy (non-hydrogen) atoms. The number of hydrogen-bond acceptors (Lipinski definition) is 4. The first-order valence-corrected chi connectivity index (χ1v) is 8.06. The summed E-state index contributed by atoms with van der Waals surface area (Å²) in [4.78, 5) is 16.1. The number of hydrogen-bond donors (Lipinski definition) is 0. The Morgan fingerprint density at radius 1 is 1.33 bits per heavy atom. The Labute approximate surface area is 129 Å². The van der Waals surface area contributed by atoms with E-state index in [0.29, 0.717) is 5.92 Å². The zero-order valence-electron chi connectivity index (χ0n) is 14.4. The molecule has 5 nitrogen and oxygen atoms in total. The van der Waals surface area contributed by atoms with Gasteiger partial charge < -0.3 is 19.3 Å². The van der Waals surface area contributed by atoms with Crippen molar-refractivity contribution in [2.75, 3.05) is 46.4 Å². The van der Waals surface area contributed by atoms with Gasteiger partial charge in [0.1, 0.15) is 5.60 Å². The van der Waals surface area contributed by atoms with Gasteiger partial charge in [-0.2, -0.15) is 0 Å². The molecule has 0 bridgehead atoms. The molecule has 1 aliphatic heterocycles. The number of carbonyl (C=O) groups is 1. The SMILES string of the molecule is CCOCCN(C)CC[C@H]1CCN(C(=O)OC(C)(C)C)C1. The van der Waals surface area contributed by atoms with Crippen LogP contribution in [-0.2, 0) is 9.47 Å². The summed E-state index contributed by atoms with van der Waals surface area (Å²) >= 11 is 0. The summed E-state index contributed by atoms with van der Waals surface area (Å²) in [6.45, 7) is 13.0. The second kappa shape index (κ2) is 8.59. The summed E-state index contributed by atoms with van der Waals surface area (Å²) in [6.07, 6.45) is 2.04. The maximum Gasteiger partial charge on any atom is 0.410 e. The Hall–Kier alpha value is -0.810. The van der Waals surface area contributed by atoms with Crippen molar-refractivity contribution in [1.82, 2.24) is 9.80 Å². The van der Waals surface area contributed by atoms with Gasteiger partial charge in [0.2, 0.25) is 0 Å². The maximum atomic E-state index is 12.0. The molecular formula is C16H32N2O3. The zero-order chi connectivity index (χ0) is 15.9. The van der Waals surface area contributed by atoms with E-state index in [4.69, 9.17) is 9.47 Å². The first-order valence-electron chi connectivity index (χ1n) is 8.06. The van der Waals surface area contributed by atoms with Gasteiger partial charge in [-0.3, -0.25) is 0 Å². The van der Waals surface area contributed by atoms with E-state index in [1.165, 1.54) is 0 Å². The molecule has 1 rings (SSSR count). The first kappa shape index (κ1) is 18.2. The van der Waals surface area contributed by atoms with Crippen molar-refractivity contribution in [2.24, 2.45) is 5.92 Å². The minimum absolute atomic E-state index is 0.172. The highest BCUT2D eigenvalue weighted by atomic mass is 16.6. The molecule has 1 saturated heterocycles. The standard InChI is InChI=1S/C16H32N2O3/c1-6-20-12-11-17(5)9-7-14-8-10-18(13-14)15(19)21-16(2,3)4/h14H,6-13H2,1-5H3/t14-/m0/s1. The van der Waals surface area contributed by atoms with Gasteiger partial charge >= 0.3 is 6.09 Å². The average molecular weight is 300 g/mol. The number of likely N-dealkylation sites (N-methyl/N-ethyl adjacent to an activating group) is 1. The van der Waals surface area contributed by atoms with E-state index in [9.17, 15) is 4.79 Å². The molecule has 0 radical (unpaired) electrons. The lowest BCUT2D eigenvalue weighted by molar-refractivity contribution is 0.0287. The molecule has 1 amide bonds. The van der Waals surface area contributed by atoms with Crippen LogP contribution in [0.25, 0.3) is 0 Å². The zero-order valence-corrected chi connectivity index (χ0v) is 14.4. The van der Waals surface area contributed by atoms with Crippen LogP contribution in [0.2, 0.25) is 0 Å². The predicted molar refractivity (Wildman–Crippen MR) is 84.5 cm³/mol. The number of carbonyl (C=O) groups excluding carboxylic acids is 1. The van der Waals surface area contributed by atoms with Gasteiger partial charge in [-0.15, -0.1) is 0 Å². The Balaban J connectivity index is 2.21. The molecule has 0 unspecified atom stereocenters. The lowest BCUT2D eigenvalue weighted by Crippen LogP contribution is -2.35. The smallest absolute Gasteiger partial charge is 0.410 e. The van der Waals surface area contributed by atoms with Gasteiger partial charge in [-0.25, -0.2) is 4.79 Å². The normalized spacial score (nSPS) is 19.3. The molecule has 0 aromatic heterocycles. The van der Waals surface area contributed by atoms with Crippen molar-refractivity contribution in [3.8, 4) is 0 Å². The third-order valence-electron chi connectivity index (χ3n) is 3.68. The lowest BCUT2D eigenvalue weighted by atomic mass is 10.1. The van der Waals surface area contributed by atoms with Crippen LogP contribution in [0.15, 0.2) is 0 Å². The number of amides is 1. The number of likely N-dealkylation sites (tertiary alicyclic amines) is 1. The molecule has 0 spiro atoms. The topological polar surface area (TPSA) is 42.0 Å². The fraction of sp³-hybridized carbons (Fsp3) is 0.938. The molecule has 0 aliphatic carbocycles. The molecule has 0 saturated carbocycles. The molecule has 1 fully saturated rings. The van der Waals surface area contributed by atoms with Crippen LogP contribution < -0.4 is 0 Å². The van der Waals surface area contributed by atoms with E-state index in [1.54, 1.807) is 0 Å². The van der Waals surface area contributed by atoms with Gasteiger partial charge in [0, 0.05) is 26.2 Å². The van der Waals surface area contributed by atoms with Crippen LogP contribution in [0.3, 0.4) is 0 Å². The highest BCUT2D eigenvalue weighted by Crippen LogP contribution is 2.22. The maximum absolute atomic E-state index is 12.0. The van der Waals surface area contributed by atoms with Gasteiger partial charge in [0.15, 0.2) is 0 Å². The van der Waals surface area contributed by atoms with Crippen molar-refractivity contribution >= 4 is 6.09 Å². The van der Waals surface area contributed by atoms with Crippen LogP contribution in [-0.4, -0.2) is 67.9 Å². The van der Waals surface area contributed by atoms with E-state index in [0.717, 1.165) is 52.2 Å². The van der Waals surface area contributed by atoms with Crippen molar-refractivity contribution in [3.05, 3.63) is 0 Å². The second-order valence-corrected chi connectivity index (χ2v) is 6.87. The molecule has 1 aliphatic rings. The molecule has 1 atom stereocenters. The summed E-state index contributed by atoms with van der Waals surface area (Å²) in [5, 5.41) is 0. The van der Waals surface area contributed by atoms with Crippen LogP contribution >= 0.6 is 0 Å². The number of ether oxygens (including phenoxy) is 2. The van der Waals surface area contributed by atoms with E-state index in [-0.39, 0.29) is 6.09 Å². The third-order valence-corrected chi connectivity index (χ3v) is 3.68. The van der Waals surface area contributed by atoms with Gasteiger partial charge in [0.25, 0.3) is 0 Å². The average Bonchev–Trinajstić information content (AvgIpc) is 2.83. The molecule has 0 aromatic carbocycles. The third kappa shape index (κ3) is 7.67. The summed E-state index contributed by atoms with van der Waals surface area (Å²) in [5.41, 5.74) is -0.408. The molecule has 124 valence electrons. The highest BCUT2D eigenvalue weighted by Gasteiger charge is 2.29. The van der Waals surface area contributed by atoms with Crippen molar-refractivity contribution < 1.29 is 14.3 Å². The Morgan fingerprint density at radius 3 is 2.67 bits per heavy atom. The van der Waals surface area contributed by atoms with E-state index in [1.807, 2.05) is 32.6 Å². The quantitative estimate of drug-likeness (QED) is 0.678. The summed E-state index contributed by atoms with van der Waals surface area (Å²) in [5.74, 6) is 0.590. The first-order chi connectivity index (χ1) is 9.81. The fourth-order valence-electron chi connectivity index (χ4n) is 2.44. The van der Waals surface area contributed by atoms with E-state index in [2.05, 4.69) is 11.9 Å². The molecule has 0 aromatic rings. The predicted octanol–water partition coefficient (Wildman–Crippen LogP) is 2.60. The molecule has 5 heteroatoms. The summed E-state index contributed by atoms with van der Waals surface area (Å²) < 4.78 is 10.8. The molecular weight excluding hydrogens is 268 g/mol. The van der Waals surface area contributed by atoms with Crippen LogP contribution in [0.4, 0.5) is 4.79 Å². The minimum atomic E-state index is -0.408. The Morgan fingerprint density at radius 2 is 2.05 bits per heavy atom. The van der Waals surface area contributed by atoms with Crippen LogP contribution in [0, 0.1) is 5.92 Å².